The molecule has 4 nitrogen and oxygen atoms in total. The molecule has 5 heteroatoms. The third-order valence-electron chi connectivity index (χ3n) is 3.39. The van der Waals surface area contributed by atoms with E-state index in [1.165, 1.54) is 6.07 Å². The highest BCUT2D eigenvalue weighted by Gasteiger charge is 2.24. The quantitative estimate of drug-likeness (QED) is 0.869. The molecule has 0 aromatic heterocycles. The summed E-state index contributed by atoms with van der Waals surface area (Å²) in [5.74, 6) is -0.252. The van der Waals surface area contributed by atoms with Crippen molar-refractivity contribution in [2.24, 2.45) is 5.92 Å². The molecule has 1 fully saturated rings. The zero-order valence-electron chi connectivity index (χ0n) is 11.6. The molecule has 1 aromatic rings. The van der Waals surface area contributed by atoms with Gasteiger partial charge in [-0.15, -0.1) is 0 Å². The topological polar surface area (TPSA) is 47.6 Å². The predicted octanol–water partition coefficient (Wildman–Crippen LogP) is 2.14. The van der Waals surface area contributed by atoms with Gasteiger partial charge in [-0.2, -0.15) is 0 Å². The summed E-state index contributed by atoms with van der Waals surface area (Å²) in [6.45, 7) is 3.44. The van der Waals surface area contributed by atoms with Crippen LogP contribution in [-0.4, -0.2) is 31.8 Å². The van der Waals surface area contributed by atoms with Crippen LogP contribution in [0.4, 0.5) is 4.39 Å². The lowest BCUT2D eigenvalue weighted by molar-refractivity contribution is -0.125. The van der Waals surface area contributed by atoms with Gasteiger partial charge in [0, 0.05) is 6.61 Å². The van der Waals surface area contributed by atoms with E-state index in [4.69, 9.17) is 9.47 Å². The van der Waals surface area contributed by atoms with Gasteiger partial charge in [0.15, 0.2) is 11.6 Å². The van der Waals surface area contributed by atoms with Crippen molar-refractivity contribution < 1.29 is 18.7 Å². The van der Waals surface area contributed by atoms with E-state index in [-0.39, 0.29) is 29.5 Å². The summed E-state index contributed by atoms with van der Waals surface area (Å²) in [7, 11) is 0. The molecule has 1 amide bonds. The largest absolute Gasteiger partial charge is 0.486 e. The Morgan fingerprint density at radius 2 is 2.35 bits per heavy atom. The maximum atomic E-state index is 13.5. The van der Waals surface area contributed by atoms with E-state index in [1.807, 2.05) is 6.92 Å². The fourth-order valence-corrected chi connectivity index (χ4v) is 2.09. The minimum absolute atomic E-state index is 0.0157. The van der Waals surface area contributed by atoms with E-state index in [1.54, 1.807) is 18.2 Å². The van der Waals surface area contributed by atoms with Crippen molar-refractivity contribution in [3.05, 3.63) is 30.1 Å². The normalized spacial score (nSPS) is 19.6. The van der Waals surface area contributed by atoms with Crippen molar-refractivity contribution in [1.29, 1.82) is 0 Å². The van der Waals surface area contributed by atoms with Crippen LogP contribution in [-0.2, 0) is 9.53 Å². The molecule has 1 heterocycles. The van der Waals surface area contributed by atoms with Crippen molar-refractivity contribution in [2.75, 3.05) is 19.8 Å². The highest BCUT2D eigenvalue weighted by Crippen LogP contribution is 2.18. The zero-order chi connectivity index (χ0) is 14.4. The van der Waals surface area contributed by atoms with Gasteiger partial charge in [-0.1, -0.05) is 19.1 Å². The van der Waals surface area contributed by atoms with Crippen LogP contribution in [0.5, 0.6) is 5.75 Å². The van der Waals surface area contributed by atoms with Gasteiger partial charge in [-0.05, 0) is 25.0 Å². The number of carbonyl (C=O) groups excluding carboxylic acids is 1. The molecule has 1 N–H and O–H groups in total. The first-order chi connectivity index (χ1) is 9.70. The van der Waals surface area contributed by atoms with Crippen molar-refractivity contribution >= 4 is 5.91 Å². The standard InChI is InChI=1S/C15H20FNO3/c1-2-12(20-14-6-4-3-5-13(14)16)9-17-15(18)11-7-8-19-10-11/h3-6,11-12H,2,7-10H2,1H3,(H,17,18)/t11-,12-/m1/s1. The van der Waals surface area contributed by atoms with Gasteiger partial charge in [-0.25, -0.2) is 4.39 Å². The first kappa shape index (κ1) is 14.8. The van der Waals surface area contributed by atoms with E-state index < -0.39 is 0 Å². The molecule has 2 rings (SSSR count). The molecule has 110 valence electrons. The van der Waals surface area contributed by atoms with Crippen LogP contribution in [0.2, 0.25) is 0 Å². The maximum Gasteiger partial charge on any atom is 0.225 e. The van der Waals surface area contributed by atoms with Crippen molar-refractivity contribution in [2.45, 2.75) is 25.9 Å². The van der Waals surface area contributed by atoms with Crippen LogP contribution in [0.1, 0.15) is 19.8 Å². The van der Waals surface area contributed by atoms with Crippen molar-refractivity contribution in [1.82, 2.24) is 5.32 Å². The molecule has 1 saturated heterocycles. The zero-order valence-corrected chi connectivity index (χ0v) is 11.6. The summed E-state index contributed by atoms with van der Waals surface area (Å²) in [6, 6.07) is 6.28. The highest BCUT2D eigenvalue weighted by molar-refractivity contribution is 5.79. The van der Waals surface area contributed by atoms with Gasteiger partial charge in [-0.3, -0.25) is 4.79 Å². The second kappa shape index (κ2) is 7.24. The second-order valence-corrected chi connectivity index (χ2v) is 4.88. The predicted molar refractivity (Wildman–Crippen MR) is 73.0 cm³/mol. The minimum Gasteiger partial charge on any atom is -0.486 e. The van der Waals surface area contributed by atoms with E-state index in [9.17, 15) is 9.18 Å². The molecule has 0 radical (unpaired) electrons. The van der Waals surface area contributed by atoms with Gasteiger partial charge < -0.3 is 14.8 Å². The van der Waals surface area contributed by atoms with Crippen LogP contribution < -0.4 is 10.1 Å². The van der Waals surface area contributed by atoms with Gasteiger partial charge in [0.1, 0.15) is 6.10 Å². The molecule has 0 aliphatic carbocycles. The van der Waals surface area contributed by atoms with Crippen LogP contribution in [0.15, 0.2) is 24.3 Å². The number of carbonyl (C=O) groups is 1. The van der Waals surface area contributed by atoms with E-state index in [0.717, 1.165) is 6.42 Å². The van der Waals surface area contributed by atoms with Crippen LogP contribution in [0.3, 0.4) is 0 Å². The third kappa shape index (κ3) is 3.93. The molecule has 20 heavy (non-hydrogen) atoms. The molecular weight excluding hydrogens is 261 g/mol. The Kier molecular flexibility index (Phi) is 5.35. The highest BCUT2D eigenvalue weighted by atomic mass is 19.1. The minimum atomic E-state index is -0.388. The monoisotopic (exact) mass is 281 g/mol. The Labute approximate surface area is 118 Å². The molecular formula is C15H20FNO3. The molecule has 1 aliphatic rings. The Bertz CT molecular complexity index is 446. The van der Waals surface area contributed by atoms with Gasteiger partial charge in [0.2, 0.25) is 5.91 Å². The summed E-state index contributed by atoms with van der Waals surface area (Å²) in [6.07, 6.45) is 1.21. The molecule has 0 spiro atoms. The van der Waals surface area contributed by atoms with Crippen molar-refractivity contribution in [3.8, 4) is 5.75 Å². The molecule has 1 aliphatic heterocycles. The summed E-state index contributed by atoms with van der Waals surface area (Å²) >= 11 is 0. The SMILES string of the molecule is CC[C@H](CNC(=O)[C@@H]1CCOC1)Oc1ccccc1F. The Morgan fingerprint density at radius 3 is 3.00 bits per heavy atom. The molecule has 0 unspecified atom stereocenters. The summed E-state index contributed by atoms with van der Waals surface area (Å²) < 4.78 is 24.3. The number of halogens is 1. The second-order valence-electron chi connectivity index (χ2n) is 4.88. The van der Waals surface area contributed by atoms with Crippen LogP contribution >= 0.6 is 0 Å². The van der Waals surface area contributed by atoms with Gasteiger partial charge in [0.05, 0.1) is 19.1 Å². The number of hydrogen-bond acceptors (Lipinski definition) is 3. The van der Waals surface area contributed by atoms with Gasteiger partial charge >= 0.3 is 0 Å². The smallest absolute Gasteiger partial charge is 0.225 e. The Balaban J connectivity index is 1.83. The molecule has 0 bridgehead atoms. The number of amides is 1. The first-order valence-electron chi connectivity index (χ1n) is 6.97. The number of nitrogens with one attached hydrogen (secondary N) is 1. The van der Waals surface area contributed by atoms with E-state index >= 15 is 0 Å². The van der Waals surface area contributed by atoms with Crippen LogP contribution in [0.25, 0.3) is 0 Å². The summed E-state index contributed by atoms with van der Waals surface area (Å²) in [4.78, 5) is 11.9. The lowest BCUT2D eigenvalue weighted by atomic mass is 10.1. The number of benzene rings is 1. The number of hydrogen-bond donors (Lipinski definition) is 1. The average molecular weight is 281 g/mol. The van der Waals surface area contributed by atoms with Gasteiger partial charge in [0.25, 0.3) is 0 Å². The Hall–Kier alpha value is -1.62. The average Bonchev–Trinajstić information content (AvgIpc) is 2.99. The fourth-order valence-electron chi connectivity index (χ4n) is 2.09. The fraction of sp³-hybridized carbons (Fsp3) is 0.533. The molecule has 2 atom stereocenters. The number of ether oxygens (including phenoxy) is 2. The third-order valence-corrected chi connectivity index (χ3v) is 3.39. The van der Waals surface area contributed by atoms with Crippen molar-refractivity contribution in [3.63, 3.8) is 0 Å². The molecule has 1 aromatic carbocycles. The summed E-state index contributed by atoms with van der Waals surface area (Å²) in [5.41, 5.74) is 0. The maximum absolute atomic E-state index is 13.5. The van der Waals surface area contributed by atoms with Crippen LogP contribution in [0, 0.1) is 11.7 Å². The number of para-hydroxylation sites is 1. The molecule has 0 saturated carbocycles. The first-order valence-corrected chi connectivity index (χ1v) is 6.97. The van der Waals surface area contributed by atoms with E-state index in [2.05, 4.69) is 5.32 Å². The lowest BCUT2D eigenvalue weighted by Crippen LogP contribution is -2.38. The lowest BCUT2D eigenvalue weighted by Gasteiger charge is -2.19. The number of rotatable bonds is 6. The summed E-state index contributed by atoms with van der Waals surface area (Å²) in [5, 5.41) is 2.85. The Morgan fingerprint density at radius 1 is 1.55 bits per heavy atom. The van der Waals surface area contributed by atoms with E-state index in [0.29, 0.717) is 26.2 Å².